The summed E-state index contributed by atoms with van der Waals surface area (Å²) in [4.78, 5) is 12.1. The van der Waals surface area contributed by atoms with E-state index in [-0.39, 0.29) is 11.6 Å². The molecule has 4 N–H and O–H groups in total. The molecule has 5 heteroatoms. The average molecular weight is 273 g/mol. The molecular formula is C15H16FN3O. The Balaban J connectivity index is 2.26. The number of carbonyl (C=O) groups excluding carboxylic acids is 1. The lowest BCUT2D eigenvalue weighted by atomic mass is 10.1. The average Bonchev–Trinajstić information content (AvgIpc) is 2.42. The van der Waals surface area contributed by atoms with Crippen molar-refractivity contribution in [3.05, 3.63) is 58.9 Å². The molecule has 0 atom stereocenters. The SMILES string of the molecule is Cc1cc(C(=O)Nc2c(C)cccc2F)ccc1NN. The Morgan fingerprint density at radius 1 is 1.15 bits per heavy atom. The van der Waals surface area contributed by atoms with E-state index in [0.29, 0.717) is 11.1 Å². The molecule has 0 saturated carbocycles. The van der Waals surface area contributed by atoms with Crippen LogP contribution in [-0.4, -0.2) is 5.91 Å². The van der Waals surface area contributed by atoms with Crippen LogP contribution in [0, 0.1) is 19.7 Å². The number of benzene rings is 2. The van der Waals surface area contributed by atoms with Crippen molar-refractivity contribution in [3.8, 4) is 0 Å². The van der Waals surface area contributed by atoms with Gasteiger partial charge in [-0.3, -0.25) is 10.6 Å². The molecule has 104 valence electrons. The minimum Gasteiger partial charge on any atom is -0.324 e. The summed E-state index contributed by atoms with van der Waals surface area (Å²) < 4.78 is 13.7. The Morgan fingerprint density at radius 2 is 1.90 bits per heavy atom. The summed E-state index contributed by atoms with van der Waals surface area (Å²) in [5, 5.41) is 2.59. The molecule has 1 amide bonds. The van der Waals surface area contributed by atoms with Crippen LogP contribution in [0.1, 0.15) is 21.5 Å². The second kappa shape index (κ2) is 5.71. The van der Waals surface area contributed by atoms with Crippen molar-refractivity contribution in [1.29, 1.82) is 0 Å². The van der Waals surface area contributed by atoms with Crippen LogP contribution in [0.3, 0.4) is 0 Å². The maximum Gasteiger partial charge on any atom is 0.255 e. The summed E-state index contributed by atoms with van der Waals surface area (Å²) in [7, 11) is 0. The maximum absolute atomic E-state index is 13.7. The van der Waals surface area contributed by atoms with Crippen LogP contribution < -0.4 is 16.6 Å². The zero-order chi connectivity index (χ0) is 14.7. The zero-order valence-corrected chi connectivity index (χ0v) is 11.3. The molecule has 4 nitrogen and oxygen atoms in total. The number of nitrogens with two attached hydrogens (primary N) is 1. The summed E-state index contributed by atoms with van der Waals surface area (Å²) in [5.74, 6) is 4.53. The molecule has 0 spiro atoms. The highest BCUT2D eigenvalue weighted by Gasteiger charge is 2.12. The van der Waals surface area contributed by atoms with Gasteiger partial charge in [0.05, 0.1) is 11.4 Å². The summed E-state index contributed by atoms with van der Waals surface area (Å²) in [6.45, 7) is 3.58. The van der Waals surface area contributed by atoms with Crippen LogP contribution in [0.5, 0.6) is 0 Å². The number of hydrogen-bond donors (Lipinski definition) is 3. The van der Waals surface area contributed by atoms with Crippen molar-refractivity contribution in [1.82, 2.24) is 0 Å². The number of nitrogens with one attached hydrogen (secondary N) is 2. The molecule has 0 bridgehead atoms. The second-order valence-corrected chi connectivity index (χ2v) is 4.56. The smallest absolute Gasteiger partial charge is 0.255 e. The van der Waals surface area contributed by atoms with Crippen LogP contribution in [0.4, 0.5) is 15.8 Å². The third-order valence-corrected chi connectivity index (χ3v) is 3.10. The van der Waals surface area contributed by atoms with Crippen molar-refractivity contribution in [2.75, 3.05) is 10.7 Å². The number of halogens is 1. The summed E-state index contributed by atoms with van der Waals surface area (Å²) in [6, 6.07) is 9.69. The molecule has 2 rings (SSSR count). The van der Waals surface area contributed by atoms with Gasteiger partial charge in [0.2, 0.25) is 0 Å². The largest absolute Gasteiger partial charge is 0.324 e. The monoisotopic (exact) mass is 273 g/mol. The normalized spacial score (nSPS) is 10.2. The van der Waals surface area contributed by atoms with Crippen LogP contribution >= 0.6 is 0 Å². The van der Waals surface area contributed by atoms with Crippen LogP contribution in [0.25, 0.3) is 0 Å². The molecule has 0 fully saturated rings. The lowest BCUT2D eigenvalue weighted by Crippen LogP contribution is -2.15. The van der Waals surface area contributed by atoms with Crippen LogP contribution in [0.15, 0.2) is 36.4 Å². The fourth-order valence-corrected chi connectivity index (χ4v) is 1.94. The first-order valence-corrected chi connectivity index (χ1v) is 6.16. The van der Waals surface area contributed by atoms with Gasteiger partial charge in [-0.2, -0.15) is 0 Å². The number of nitrogen functional groups attached to an aromatic ring is 1. The fourth-order valence-electron chi connectivity index (χ4n) is 1.94. The zero-order valence-electron chi connectivity index (χ0n) is 11.3. The highest BCUT2D eigenvalue weighted by atomic mass is 19.1. The van der Waals surface area contributed by atoms with E-state index in [1.807, 2.05) is 6.92 Å². The lowest BCUT2D eigenvalue weighted by Gasteiger charge is -2.11. The third kappa shape index (κ3) is 2.78. The first kappa shape index (κ1) is 14.0. The van der Waals surface area contributed by atoms with Gasteiger partial charge in [0, 0.05) is 5.56 Å². The van der Waals surface area contributed by atoms with Crippen molar-refractivity contribution in [3.63, 3.8) is 0 Å². The first-order valence-electron chi connectivity index (χ1n) is 6.16. The molecule has 20 heavy (non-hydrogen) atoms. The van der Waals surface area contributed by atoms with E-state index >= 15 is 0 Å². The summed E-state index contributed by atoms with van der Waals surface area (Å²) in [5.41, 5.74) is 5.44. The number of anilines is 2. The molecule has 0 aliphatic carbocycles. The van der Waals surface area contributed by atoms with Crippen molar-refractivity contribution < 1.29 is 9.18 Å². The van der Waals surface area contributed by atoms with Gasteiger partial charge in [-0.05, 0) is 49.2 Å². The van der Waals surface area contributed by atoms with E-state index in [1.165, 1.54) is 6.07 Å². The topological polar surface area (TPSA) is 67.2 Å². The minimum atomic E-state index is -0.449. The number of amides is 1. The standard InChI is InChI=1S/C15H16FN3O/c1-9-4-3-5-12(16)14(9)18-15(20)11-6-7-13(19-17)10(2)8-11/h3-8,19H,17H2,1-2H3,(H,18,20). The van der Waals surface area contributed by atoms with Gasteiger partial charge in [0.15, 0.2) is 0 Å². The van der Waals surface area contributed by atoms with Gasteiger partial charge in [-0.1, -0.05) is 12.1 Å². The van der Waals surface area contributed by atoms with E-state index in [4.69, 9.17) is 5.84 Å². The Kier molecular flexibility index (Phi) is 4.00. The van der Waals surface area contributed by atoms with E-state index in [1.54, 1.807) is 37.3 Å². The second-order valence-electron chi connectivity index (χ2n) is 4.56. The molecule has 2 aromatic carbocycles. The maximum atomic E-state index is 13.7. The third-order valence-electron chi connectivity index (χ3n) is 3.10. The molecular weight excluding hydrogens is 257 g/mol. The van der Waals surface area contributed by atoms with E-state index in [9.17, 15) is 9.18 Å². The molecule has 0 radical (unpaired) electrons. The number of hydrogen-bond acceptors (Lipinski definition) is 3. The van der Waals surface area contributed by atoms with Crippen LogP contribution in [0.2, 0.25) is 0 Å². The molecule has 0 aliphatic rings. The first-order chi connectivity index (χ1) is 9.52. The van der Waals surface area contributed by atoms with Gasteiger partial charge >= 0.3 is 0 Å². The fraction of sp³-hybridized carbons (Fsp3) is 0.133. The quantitative estimate of drug-likeness (QED) is 0.595. The van der Waals surface area contributed by atoms with Crippen molar-refractivity contribution in [2.45, 2.75) is 13.8 Å². The molecule has 2 aromatic rings. The summed E-state index contributed by atoms with van der Waals surface area (Å²) >= 11 is 0. The minimum absolute atomic E-state index is 0.205. The Bertz CT molecular complexity index is 635. The number of hydrazine groups is 1. The lowest BCUT2D eigenvalue weighted by molar-refractivity contribution is 0.102. The number of para-hydroxylation sites is 1. The highest BCUT2D eigenvalue weighted by Crippen LogP contribution is 2.21. The van der Waals surface area contributed by atoms with Gasteiger partial charge in [-0.25, -0.2) is 4.39 Å². The van der Waals surface area contributed by atoms with Crippen molar-refractivity contribution >= 4 is 17.3 Å². The molecule has 0 aromatic heterocycles. The highest BCUT2D eigenvalue weighted by molar-refractivity contribution is 6.05. The Hall–Kier alpha value is -2.40. The van der Waals surface area contributed by atoms with Gasteiger partial charge < -0.3 is 10.7 Å². The summed E-state index contributed by atoms with van der Waals surface area (Å²) in [6.07, 6.45) is 0. The van der Waals surface area contributed by atoms with E-state index < -0.39 is 5.82 Å². The predicted octanol–water partition coefficient (Wildman–Crippen LogP) is 2.98. The van der Waals surface area contributed by atoms with Crippen LogP contribution in [-0.2, 0) is 0 Å². The van der Waals surface area contributed by atoms with E-state index in [2.05, 4.69) is 10.7 Å². The number of carbonyl (C=O) groups is 1. The van der Waals surface area contributed by atoms with Gasteiger partial charge in [0.25, 0.3) is 5.91 Å². The molecule has 0 unspecified atom stereocenters. The predicted molar refractivity (Wildman–Crippen MR) is 78.1 cm³/mol. The van der Waals surface area contributed by atoms with Crippen molar-refractivity contribution in [2.24, 2.45) is 5.84 Å². The van der Waals surface area contributed by atoms with Gasteiger partial charge in [-0.15, -0.1) is 0 Å². The molecule has 0 aliphatic heterocycles. The Morgan fingerprint density at radius 3 is 2.50 bits per heavy atom. The Labute approximate surface area is 116 Å². The molecule has 0 saturated heterocycles. The number of rotatable bonds is 3. The number of aryl methyl sites for hydroxylation is 2. The van der Waals surface area contributed by atoms with E-state index in [0.717, 1.165) is 11.3 Å². The van der Waals surface area contributed by atoms with Gasteiger partial charge in [0.1, 0.15) is 5.82 Å². The molecule has 0 heterocycles.